The highest BCUT2D eigenvalue weighted by atomic mass is 32.1. The van der Waals surface area contributed by atoms with Gasteiger partial charge in [0.2, 0.25) is 0 Å². The lowest BCUT2D eigenvalue weighted by Gasteiger charge is -2.18. The minimum Gasteiger partial charge on any atom is -0.456 e. The Morgan fingerprint density at radius 3 is 1.93 bits per heavy atom. The molecule has 0 radical (unpaired) electrons. The average Bonchev–Trinajstić information content (AvgIpc) is 3.80. The number of hydrogen-bond acceptors (Lipinski definition) is 2. The minimum absolute atomic E-state index is 0.923. The Morgan fingerprint density at radius 2 is 1.20 bits per heavy atom. The highest BCUT2D eigenvalue weighted by Crippen LogP contribution is 2.47. The Kier molecular flexibility index (Phi) is 7.54. The summed E-state index contributed by atoms with van der Waals surface area (Å²) in [4.78, 5) is 0. The first kappa shape index (κ1) is 32.0. The van der Waals surface area contributed by atoms with E-state index in [1.165, 1.54) is 69.0 Å². The second-order valence-corrected chi connectivity index (χ2v) is 14.8. The fraction of sp³-hybridized carbons (Fsp3) is 0. The summed E-state index contributed by atoms with van der Waals surface area (Å²) in [5, 5.41) is 12.1. The summed E-state index contributed by atoms with van der Waals surface area (Å²) < 4.78 is 8.89. The van der Waals surface area contributed by atoms with Crippen LogP contribution in [0.25, 0.3) is 96.7 Å². The van der Waals surface area contributed by atoms with Gasteiger partial charge in [0.1, 0.15) is 11.2 Å². The van der Waals surface area contributed by atoms with Gasteiger partial charge in [0, 0.05) is 36.3 Å². The Balaban J connectivity index is 1.18. The molecule has 0 aliphatic rings. The number of furan rings is 1. The molecular weight excluding hydrogens is 673 g/mol. The van der Waals surface area contributed by atoms with Gasteiger partial charge in [-0.3, -0.25) is 0 Å². The van der Waals surface area contributed by atoms with Gasteiger partial charge in [-0.15, -0.1) is 11.3 Å². The highest BCUT2D eigenvalue weighted by Gasteiger charge is 2.19. The van der Waals surface area contributed by atoms with Crippen LogP contribution in [-0.4, -0.2) is 0 Å². The Bertz CT molecular complexity index is 3200. The fourth-order valence-electron chi connectivity index (χ4n) is 8.30. The molecular formula is C52H34OS. The first-order valence-electron chi connectivity index (χ1n) is 18.2. The normalized spacial score (nSPS) is 12.5. The number of benzene rings is 8. The molecule has 0 N–H and O–H groups in total. The van der Waals surface area contributed by atoms with E-state index in [9.17, 15) is 0 Å². The van der Waals surface area contributed by atoms with Crippen LogP contribution in [-0.2, 0) is 0 Å². The molecule has 0 saturated carbocycles. The second-order valence-electron chi connectivity index (χ2n) is 13.8. The van der Waals surface area contributed by atoms with Gasteiger partial charge in [-0.1, -0.05) is 153 Å². The van der Waals surface area contributed by atoms with Gasteiger partial charge in [0.15, 0.2) is 0 Å². The van der Waals surface area contributed by atoms with Crippen molar-refractivity contribution in [1.29, 1.82) is 0 Å². The topological polar surface area (TPSA) is 13.1 Å². The van der Waals surface area contributed by atoms with Crippen LogP contribution >= 0.6 is 11.3 Å². The van der Waals surface area contributed by atoms with E-state index in [-0.39, 0.29) is 0 Å². The fourth-order valence-corrected chi connectivity index (χ4v) is 9.55. The van der Waals surface area contributed by atoms with Crippen molar-refractivity contribution in [1.82, 2.24) is 0 Å². The smallest absolute Gasteiger partial charge is 0.136 e. The monoisotopic (exact) mass is 706 g/mol. The molecule has 0 fully saturated rings. The van der Waals surface area contributed by atoms with Crippen molar-refractivity contribution in [2.75, 3.05) is 0 Å². The lowest BCUT2D eigenvalue weighted by molar-refractivity contribution is 0.669. The lowest BCUT2D eigenvalue weighted by atomic mass is 9.85. The highest BCUT2D eigenvalue weighted by molar-refractivity contribution is 7.26. The van der Waals surface area contributed by atoms with E-state index in [2.05, 4.69) is 153 Å². The molecule has 2 heterocycles. The van der Waals surface area contributed by atoms with Crippen LogP contribution in [0.5, 0.6) is 0 Å². The van der Waals surface area contributed by atoms with E-state index in [1.54, 1.807) is 0 Å². The predicted molar refractivity (Wildman–Crippen MR) is 236 cm³/mol. The third-order valence-corrected chi connectivity index (χ3v) is 11.9. The zero-order valence-electron chi connectivity index (χ0n) is 29.6. The maximum Gasteiger partial charge on any atom is 0.136 e. The quantitative estimate of drug-likeness (QED) is 0.119. The van der Waals surface area contributed by atoms with E-state index in [4.69, 9.17) is 4.42 Å². The van der Waals surface area contributed by atoms with Crippen LogP contribution in [0.4, 0.5) is 0 Å². The van der Waals surface area contributed by atoms with Gasteiger partial charge in [-0.2, -0.15) is 0 Å². The zero-order chi connectivity index (χ0) is 36.3. The molecule has 0 saturated heterocycles. The molecule has 0 bridgehead atoms. The summed E-state index contributed by atoms with van der Waals surface area (Å²) in [5.41, 5.74) is 9.45. The molecule has 0 aliphatic heterocycles. The molecule has 54 heavy (non-hydrogen) atoms. The van der Waals surface area contributed by atoms with Crippen molar-refractivity contribution in [3.05, 3.63) is 206 Å². The molecule has 0 unspecified atom stereocenters. The summed E-state index contributed by atoms with van der Waals surface area (Å²) in [6.45, 7) is 12.9. The first-order chi connectivity index (χ1) is 26.6. The molecule has 254 valence electrons. The molecule has 10 rings (SSSR count). The van der Waals surface area contributed by atoms with Gasteiger partial charge in [-0.25, -0.2) is 0 Å². The SMILES string of the molecule is C=CC(=C\C(=C)c1c2ccccc2c(-c2ccc3sc4c(ccc5ccc6oc7ccccc7c6c54)c3c2)c2ccccc12)/C=C(\C=C)c1ccccc1. The van der Waals surface area contributed by atoms with Crippen LogP contribution in [0, 0.1) is 0 Å². The number of rotatable bonds is 7. The Morgan fingerprint density at radius 1 is 0.537 bits per heavy atom. The maximum atomic E-state index is 6.32. The van der Waals surface area contributed by atoms with E-state index >= 15 is 0 Å². The van der Waals surface area contributed by atoms with Crippen molar-refractivity contribution in [2.24, 2.45) is 0 Å². The molecule has 2 aromatic heterocycles. The molecule has 10 aromatic rings. The van der Waals surface area contributed by atoms with Crippen LogP contribution in [0.1, 0.15) is 11.1 Å². The van der Waals surface area contributed by atoms with E-state index in [1.807, 2.05) is 47.8 Å². The molecule has 2 heteroatoms. The van der Waals surface area contributed by atoms with Crippen molar-refractivity contribution in [3.63, 3.8) is 0 Å². The van der Waals surface area contributed by atoms with E-state index < -0.39 is 0 Å². The van der Waals surface area contributed by atoms with Crippen LogP contribution < -0.4 is 0 Å². The number of allylic oxidation sites excluding steroid dienone is 7. The summed E-state index contributed by atoms with van der Waals surface area (Å²) in [7, 11) is 0. The molecule has 1 nitrogen and oxygen atoms in total. The van der Waals surface area contributed by atoms with Gasteiger partial charge >= 0.3 is 0 Å². The second kappa shape index (κ2) is 12.7. The Labute approximate surface area is 317 Å². The largest absolute Gasteiger partial charge is 0.456 e. The van der Waals surface area contributed by atoms with Gasteiger partial charge in [0.05, 0.1) is 0 Å². The summed E-state index contributed by atoms with van der Waals surface area (Å²) in [5.74, 6) is 0. The third-order valence-electron chi connectivity index (χ3n) is 10.7. The van der Waals surface area contributed by atoms with Crippen molar-refractivity contribution < 1.29 is 4.42 Å². The number of hydrogen-bond donors (Lipinski definition) is 0. The number of fused-ring (bicyclic) bond motifs is 11. The van der Waals surface area contributed by atoms with Crippen LogP contribution in [0.3, 0.4) is 0 Å². The van der Waals surface area contributed by atoms with Gasteiger partial charge in [-0.05, 0) is 102 Å². The molecule has 0 amide bonds. The lowest BCUT2D eigenvalue weighted by Crippen LogP contribution is -1.93. The van der Waals surface area contributed by atoms with Crippen molar-refractivity contribution in [3.8, 4) is 11.1 Å². The summed E-state index contributed by atoms with van der Waals surface area (Å²) in [6.07, 6.45) is 8.05. The molecule has 0 aliphatic carbocycles. The summed E-state index contributed by atoms with van der Waals surface area (Å²) in [6, 6.07) is 52.0. The molecule has 0 spiro atoms. The zero-order valence-corrected chi connectivity index (χ0v) is 30.4. The predicted octanol–water partition coefficient (Wildman–Crippen LogP) is 15.5. The van der Waals surface area contributed by atoms with E-state index in [0.29, 0.717) is 0 Å². The van der Waals surface area contributed by atoms with E-state index in [0.717, 1.165) is 44.4 Å². The maximum absolute atomic E-state index is 6.32. The van der Waals surface area contributed by atoms with Gasteiger partial charge < -0.3 is 4.42 Å². The Hall–Kier alpha value is -6.74. The molecule has 0 atom stereocenters. The van der Waals surface area contributed by atoms with Crippen molar-refractivity contribution >= 4 is 96.9 Å². The number of para-hydroxylation sites is 1. The van der Waals surface area contributed by atoms with Crippen LogP contribution in [0.15, 0.2) is 200 Å². The third kappa shape index (κ3) is 4.99. The standard InChI is InChI=1S/C52H34OS/c1-4-33(30-34(5-2)35-15-7-6-8-16-35)29-32(3)48-38-17-9-11-19-40(38)49(41-20-12-10-18-39(41)48)37-25-28-47-44(31-37)42-26-23-36-24-27-46-51(50(36)52(42)54-47)43-21-13-14-22-45(43)53-46/h4-31H,1-3H2/b33-29+,34-30+. The summed E-state index contributed by atoms with van der Waals surface area (Å²) >= 11 is 1.87. The molecule has 8 aromatic carbocycles. The minimum atomic E-state index is 0.923. The van der Waals surface area contributed by atoms with Crippen molar-refractivity contribution in [2.45, 2.75) is 0 Å². The number of thiophene rings is 1. The first-order valence-corrected chi connectivity index (χ1v) is 19.0. The van der Waals surface area contributed by atoms with Gasteiger partial charge in [0.25, 0.3) is 0 Å². The van der Waals surface area contributed by atoms with Crippen LogP contribution in [0.2, 0.25) is 0 Å². The average molecular weight is 707 g/mol.